The summed E-state index contributed by atoms with van der Waals surface area (Å²) in [5.41, 5.74) is 5.53. The summed E-state index contributed by atoms with van der Waals surface area (Å²) in [5, 5.41) is 7.35. The summed E-state index contributed by atoms with van der Waals surface area (Å²) in [6.07, 6.45) is 1.88. The number of hydrogen-bond acceptors (Lipinski definition) is 4. The van der Waals surface area contributed by atoms with Crippen LogP contribution in [0.5, 0.6) is 0 Å². The molecule has 0 unspecified atom stereocenters. The SMILES string of the molecule is COC(=O)c1cn(Cc2ccc3ccccc3c2)c2cc(-c3c(C)noc3C)ccc12. The highest BCUT2D eigenvalue weighted by Crippen LogP contribution is 2.32. The van der Waals surface area contributed by atoms with Gasteiger partial charge >= 0.3 is 5.97 Å². The van der Waals surface area contributed by atoms with Crippen LogP contribution in [0, 0.1) is 13.8 Å². The average Bonchev–Trinajstić information content (AvgIpc) is 3.32. The zero-order valence-electron chi connectivity index (χ0n) is 17.7. The molecule has 2 heterocycles. The molecule has 0 spiro atoms. The van der Waals surface area contributed by atoms with Gasteiger partial charge < -0.3 is 13.8 Å². The second kappa shape index (κ2) is 7.43. The van der Waals surface area contributed by atoms with Gasteiger partial charge in [0.2, 0.25) is 0 Å². The number of aromatic nitrogens is 2. The Kier molecular flexibility index (Phi) is 4.59. The number of esters is 1. The Morgan fingerprint density at radius 3 is 2.58 bits per heavy atom. The number of nitrogens with zero attached hydrogens (tertiary/aromatic N) is 2. The maximum Gasteiger partial charge on any atom is 0.340 e. The van der Waals surface area contributed by atoms with E-state index in [0.29, 0.717) is 12.1 Å². The lowest BCUT2D eigenvalue weighted by atomic mass is 10.0. The summed E-state index contributed by atoms with van der Waals surface area (Å²) in [6, 6.07) is 20.8. The first-order chi connectivity index (χ1) is 15.0. The minimum atomic E-state index is -0.340. The van der Waals surface area contributed by atoms with Crippen molar-refractivity contribution in [2.24, 2.45) is 0 Å². The summed E-state index contributed by atoms with van der Waals surface area (Å²) in [7, 11) is 1.41. The summed E-state index contributed by atoms with van der Waals surface area (Å²) < 4.78 is 12.5. The molecule has 0 saturated carbocycles. The summed E-state index contributed by atoms with van der Waals surface area (Å²) >= 11 is 0. The Balaban J connectivity index is 1.66. The van der Waals surface area contributed by atoms with Crippen LogP contribution in [-0.4, -0.2) is 22.8 Å². The van der Waals surface area contributed by atoms with Crippen molar-refractivity contribution in [2.45, 2.75) is 20.4 Å². The third-order valence-electron chi connectivity index (χ3n) is 5.78. The zero-order valence-corrected chi connectivity index (χ0v) is 17.7. The van der Waals surface area contributed by atoms with Crippen molar-refractivity contribution in [3.8, 4) is 11.1 Å². The van der Waals surface area contributed by atoms with E-state index < -0.39 is 0 Å². The van der Waals surface area contributed by atoms with E-state index in [1.54, 1.807) is 0 Å². The van der Waals surface area contributed by atoms with Gasteiger partial charge in [-0.25, -0.2) is 4.79 Å². The Hall–Kier alpha value is -3.86. The van der Waals surface area contributed by atoms with E-state index in [9.17, 15) is 4.79 Å². The molecule has 0 saturated heterocycles. The topological polar surface area (TPSA) is 57.3 Å². The van der Waals surface area contributed by atoms with Gasteiger partial charge in [-0.3, -0.25) is 0 Å². The molecule has 0 amide bonds. The lowest BCUT2D eigenvalue weighted by Crippen LogP contribution is -2.01. The van der Waals surface area contributed by atoms with Crippen molar-refractivity contribution in [3.63, 3.8) is 0 Å². The highest BCUT2D eigenvalue weighted by Gasteiger charge is 2.18. The van der Waals surface area contributed by atoms with Crippen molar-refractivity contribution >= 4 is 27.6 Å². The van der Waals surface area contributed by atoms with E-state index in [0.717, 1.165) is 39.0 Å². The number of ether oxygens (including phenoxy) is 1. The van der Waals surface area contributed by atoms with Crippen molar-refractivity contribution in [3.05, 3.63) is 89.4 Å². The molecule has 31 heavy (non-hydrogen) atoms. The highest BCUT2D eigenvalue weighted by atomic mass is 16.5. The van der Waals surface area contributed by atoms with Crippen LogP contribution in [0.4, 0.5) is 0 Å². The fraction of sp³-hybridized carbons (Fsp3) is 0.154. The van der Waals surface area contributed by atoms with Crippen LogP contribution in [0.15, 0.2) is 71.4 Å². The van der Waals surface area contributed by atoms with Gasteiger partial charge in [0.1, 0.15) is 5.76 Å². The Labute approximate surface area is 179 Å². The molecule has 154 valence electrons. The standard InChI is InChI=1S/C26H22N2O3/c1-16-25(17(2)31-27-16)21-10-11-22-23(26(29)30-3)15-28(24(22)13-21)14-18-8-9-19-6-4-5-7-20(19)12-18/h4-13,15H,14H2,1-3H3. The highest BCUT2D eigenvalue weighted by molar-refractivity contribution is 6.05. The van der Waals surface area contributed by atoms with E-state index in [2.05, 4.69) is 46.1 Å². The molecular weight excluding hydrogens is 388 g/mol. The quantitative estimate of drug-likeness (QED) is 0.346. The van der Waals surface area contributed by atoms with Gasteiger partial charge in [-0.1, -0.05) is 53.7 Å². The van der Waals surface area contributed by atoms with E-state index in [4.69, 9.17) is 9.26 Å². The predicted molar refractivity (Wildman–Crippen MR) is 121 cm³/mol. The smallest absolute Gasteiger partial charge is 0.340 e. The van der Waals surface area contributed by atoms with Crippen LogP contribution in [0.2, 0.25) is 0 Å². The predicted octanol–water partition coefficient (Wildman–Crippen LogP) is 5.90. The van der Waals surface area contributed by atoms with E-state index in [1.807, 2.05) is 44.3 Å². The first-order valence-electron chi connectivity index (χ1n) is 10.2. The number of aryl methyl sites for hydroxylation is 2. The van der Waals surface area contributed by atoms with Crippen molar-refractivity contribution in [1.82, 2.24) is 9.72 Å². The molecule has 0 atom stereocenters. The van der Waals surface area contributed by atoms with Gasteiger partial charge in [0.25, 0.3) is 0 Å². The van der Waals surface area contributed by atoms with Gasteiger partial charge in [-0.2, -0.15) is 0 Å². The Bertz CT molecular complexity index is 1420. The van der Waals surface area contributed by atoms with Crippen LogP contribution < -0.4 is 0 Å². The third-order valence-corrected chi connectivity index (χ3v) is 5.78. The molecule has 0 fully saturated rings. The molecule has 5 nitrogen and oxygen atoms in total. The molecule has 5 heteroatoms. The molecule has 0 aliphatic rings. The second-order valence-corrected chi connectivity index (χ2v) is 7.77. The number of benzene rings is 3. The number of methoxy groups -OCH3 is 1. The second-order valence-electron chi connectivity index (χ2n) is 7.77. The fourth-order valence-corrected chi connectivity index (χ4v) is 4.28. The van der Waals surface area contributed by atoms with Gasteiger partial charge in [-0.05, 0) is 47.9 Å². The third kappa shape index (κ3) is 3.28. The van der Waals surface area contributed by atoms with Gasteiger partial charge in [0.15, 0.2) is 0 Å². The van der Waals surface area contributed by atoms with E-state index in [1.165, 1.54) is 17.9 Å². The molecule has 0 aliphatic heterocycles. The lowest BCUT2D eigenvalue weighted by molar-refractivity contribution is 0.0602. The molecule has 2 aromatic heterocycles. The maximum atomic E-state index is 12.4. The van der Waals surface area contributed by atoms with Gasteiger partial charge in [0, 0.05) is 29.2 Å². The first kappa shape index (κ1) is 19.1. The lowest BCUT2D eigenvalue weighted by Gasteiger charge is -2.09. The average molecular weight is 410 g/mol. The fourth-order valence-electron chi connectivity index (χ4n) is 4.28. The number of carbonyl (C=O) groups excluding carboxylic acids is 1. The van der Waals surface area contributed by atoms with Crippen LogP contribution in [0.1, 0.15) is 27.4 Å². The van der Waals surface area contributed by atoms with Crippen LogP contribution in [0.25, 0.3) is 32.8 Å². The van der Waals surface area contributed by atoms with E-state index in [-0.39, 0.29) is 5.97 Å². The minimum Gasteiger partial charge on any atom is -0.465 e. The van der Waals surface area contributed by atoms with Crippen molar-refractivity contribution < 1.29 is 14.1 Å². The van der Waals surface area contributed by atoms with Gasteiger partial charge in [0.05, 0.1) is 18.4 Å². The maximum absolute atomic E-state index is 12.4. The minimum absolute atomic E-state index is 0.340. The summed E-state index contributed by atoms with van der Waals surface area (Å²) in [6.45, 7) is 4.49. The molecule has 0 N–H and O–H groups in total. The number of fused-ring (bicyclic) bond motifs is 2. The Morgan fingerprint density at radius 1 is 1.03 bits per heavy atom. The number of carbonyl (C=O) groups is 1. The van der Waals surface area contributed by atoms with E-state index >= 15 is 0 Å². The molecule has 0 radical (unpaired) electrons. The molecule has 0 aliphatic carbocycles. The normalized spacial score (nSPS) is 11.3. The molecule has 5 aromatic rings. The summed E-state index contributed by atoms with van der Waals surface area (Å²) in [4.78, 5) is 12.4. The van der Waals surface area contributed by atoms with Crippen molar-refractivity contribution in [1.29, 1.82) is 0 Å². The Morgan fingerprint density at radius 2 is 1.84 bits per heavy atom. The van der Waals surface area contributed by atoms with Gasteiger partial charge in [-0.15, -0.1) is 0 Å². The van der Waals surface area contributed by atoms with Crippen LogP contribution in [0.3, 0.4) is 0 Å². The molecule has 0 bridgehead atoms. The first-order valence-corrected chi connectivity index (χ1v) is 10.2. The molecular formula is C26H22N2O3. The van der Waals surface area contributed by atoms with Crippen LogP contribution in [-0.2, 0) is 11.3 Å². The number of hydrogen-bond donors (Lipinski definition) is 0. The molecule has 3 aromatic carbocycles. The van der Waals surface area contributed by atoms with Crippen LogP contribution >= 0.6 is 0 Å². The zero-order chi connectivity index (χ0) is 21.5. The molecule has 5 rings (SSSR count). The number of rotatable bonds is 4. The largest absolute Gasteiger partial charge is 0.465 e. The van der Waals surface area contributed by atoms with Crippen molar-refractivity contribution in [2.75, 3.05) is 7.11 Å². The summed E-state index contributed by atoms with van der Waals surface area (Å²) in [5.74, 6) is 0.435. The monoisotopic (exact) mass is 410 g/mol.